The van der Waals surface area contributed by atoms with E-state index >= 15 is 0 Å². The van der Waals surface area contributed by atoms with Crippen molar-refractivity contribution in [3.8, 4) is 11.3 Å². The van der Waals surface area contributed by atoms with Gasteiger partial charge in [-0.2, -0.15) is 10.2 Å². The second-order valence-electron chi connectivity index (χ2n) is 5.32. The Labute approximate surface area is 148 Å². The molecule has 0 fully saturated rings. The Kier molecular flexibility index (Phi) is 4.90. The largest absolute Gasteiger partial charge is 0.289 e. The number of nitrogens with one attached hydrogen (secondary N) is 2. The first-order valence-electron chi connectivity index (χ1n) is 7.45. The Bertz CT molecular complexity index is 917. The van der Waals surface area contributed by atoms with Gasteiger partial charge >= 0.3 is 0 Å². The van der Waals surface area contributed by atoms with Gasteiger partial charge in [-0.3, -0.25) is 9.89 Å². The quantitative estimate of drug-likeness (QED) is 0.547. The Morgan fingerprint density at radius 3 is 2.52 bits per heavy atom. The van der Waals surface area contributed by atoms with Gasteiger partial charge in [-0.15, -0.1) is 0 Å². The molecular weight excluding hydrogens is 343 g/mol. The smallest absolute Gasteiger partial charge is 0.272 e. The molecule has 0 spiro atoms. The van der Waals surface area contributed by atoms with E-state index < -0.39 is 5.91 Å². The summed E-state index contributed by atoms with van der Waals surface area (Å²) in [5.74, 6) is -0.748. The van der Waals surface area contributed by atoms with Crippen molar-refractivity contribution in [3.05, 3.63) is 76.7 Å². The van der Waals surface area contributed by atoms with Crippen LogP contribution in [0.2, 0.25) is 5.02 Å². The van der Waals surface area contributed by atoms with Crippen molar-refractivity contribution in [1.82, 2.24) is 15.6 Å². The molecule has 0 aliphatic rings. The molecule has 3 rings (SSSR count). The van der Waals surface area contributed by atoms with Crippen LogP contribution in [0.4, 0.5) is 4.39 Å². The maximum absolute atomic E-state index is 12.9. The number of carbonyl (C=O) groups excluding carboxylic acids is 1. The number of halogens is 2. The van der Waals surface area contributed by atoms with Crippen LogP contribution in [-0.4, -0.2) is 21.8 Å². The van der Waals surface area contributed by atoms with Gasteiger partial charge < -0.3 is 0 Å². The molecular formula is C18H14ClFN4O. The lowest BCUT2D eigenvalue weighted by molar-refractivity contribution is 0.0950. The van der Waals surface area contributed by atoms with Crippen molar-refractivity contribution in [2.45, 2.75) is 6.92 Å². The van der Waals surface area contributed by atoms with E-state index in [-0.39, 0.29) is 11.5 Å². The lowest BCUT2D eigenvalue weighted by atomic mass is 10.1. The average molecular weight is 357 g/mol. The van der Waals surface area contributed by atoms with Crippen LogP contribution < -0.4 is 5.43 Å². The number of carbonyl (C=O) groups is 1. The maximum Gasteiger partial charge on any atom is 0.289 e. The minimum absolute atomic E-state index is 0.278. The van der Waals surface area contributed by atoms with Crippen molar-refractivity contribution in [1.29, 1.82) is 0 Å². The monoisotopic (exact) mass is 356 g/mol. The predicted molar refractivity (Wildman–Crippen MR) is 95.1 cm³/mol. The number of rotatable bonds is 4. The van der Waals surface area contributed by atoms with E-state index in [9.17, 15) is 9.18 Å². The van der Waals surface area contributed by atoms with Crippen LogP contribution in [-0.2, 0) is 0 Å². The van der Waals surface area contributed by atoms with Gasteiger partial charge in [0.15, 0.2) is 0 Å². The van der Waals surface area contributed by atoms with Crippen molar-refractivity contribution in [3.63, 3.8) is 0 Å². The SMILES string of the molecule is CC(=NNC(=O)c1cc(-c2ccc(Cl)cc2)n[nH]1)c1ccc(F)cc1. The topological polar surface area (TPSA) is 70.1 Å². The Balaban J connectivity index is 1.70. The summed E-state index contributed by atoms with van der Waals surface area (Å²) in [5, 5.41) is 11.4. The molecule has 1 amide bonds. The molecule has 0 aliphatic heterocycles. The summed E-state index contributed by atoms with van der Waals surface area (Å²) >= 11 is 5.86. The lowest BCUT2D eigenvalue weighted by Crippen LogP contribution is -2.19. The van der Waals surface area contributed by atoms with E-state index in [1.165, 1.54) is 12.1 Å². The molecule has 2 aromatic carbocycles. The average Bonchev–Trinajstić information content (AvgIpc) is 3.11. The van der Waals surface area contributed by atoms with E-state index in [2.05, 4.69) is 20.7 Å². The van der Waals surface area contributed by atoms with Gasteiger partial charge in [0.25, 0.3) is 5.91 Å². The molecule has 1 aromatic heterocycles. The van der Waals surface area contributed by atoms with Crippen LogP contribution in [0.5, 0.6) is 0 Å². The summed E-state index contributed by atoms with van der Waals surface area (Å²) in [6.07, 6.45) is 0. The fourth-order valence-corrected chi connectivity index (χ4v) is 2.28. The van der Waals surface area contributed by atoms with Gasteiger partial charge in [-0.25, -0.2) is 9.82 Å². The van der Waals surface area contributed by atoms with Gasteiger partial charge in [0.1, 0.15) is 11.5 Å². The molecule has 0 aliphatic carbocycles. The summed E-state index contributed by atoms with van der Waals surface area (Å²) in [4.78, 5) is 12.2. The maximum atomic E-state index is 12.9. The highest BCUT2D eigenvalue weighted by Crippen LogP contribution is 2.20. The first-order chi connectivity index (χ1) is 12.0. The number of amides is 1. The molecule has 1 heterocycles. The summed E-state index contributed by atoms with van der Waals surface area (Å²) in [5.41, 5.74) is 5.47. The molecule has 0 bridgehead atoms. The van der Waals surface area contributed by atoms with E-state index in [1.54, 1.807) is 37.3 Å². The van der Waals surface area contributed by atoms with Gasteiger partial charge in [0.05, 0.1) is 11.4 Å². The molecule has 0 saturated heterocycles. The third-order valence-corrected chi connectivity index (χ3v) is 3.80. The Hall–Kier alpha value is -2.99. The highest BCUT2D eigenvalue weighted by molar-refractivity contribution is 6.30. The predicted octanol–water partition coefficient (Wildman–Crippen LogP) is 4.02. The zero-order chi connectivity index (χ0) is 17.8. The fraction of sp³-hybridized carbons (Fsp3) is 0.0556. The molecule has 0 saturated carbocycles. The molecule has 0 atom stereocenters. The Morgan fingerprint density at radius 2 is 1.84 bits per heavy atom. The van der Waals surface area contributed by atoms with E-state index in [0.29, 0.717) is 22.0 Å². The van der Waals surface area contributed by atoms with Crippen LogP contribution >= 0.6 is 11.6 Å². The highest BCUT2D eigenvalue weighted by Gasteiger charge is 2.11. The second-order valence-corrected chi connectivity index (χ2v) is 5.76. The number of aromatic amines is 1. The number of hydrogen-bond acceptors (Lipinski definition) is 3. The standard InChI is InChI=1S/C18H14ClFN4O/c1-11(12-4-8-15(20)9-5-12)21-24-18(25)17-10-16(22-23-17)13-2-6-14(19)7-3-13/h2-10H,1H3,(H,22,23)(H,24,25). The van der Waals surface area contributed by atoms with Crippen LogP contribution in [0, 0.1) is 5.82 Å². The van der Waals surface area contributed by atoms with Crippen LogP contribution in [0.3, 0.4) is 0 Å². The normalized spacial score (nSPS) is 11.4. The number of nitrogens with zero attached hydrogens (tertiary/aromatic N) is 2. The molecule has 0 unspecified atom stereocenters. The zero-order valence-electron chi connectivity index (χ0n) is 13.3. The number of benzene rings is 2. The van der Waals surface area contributed by atoms with Crippen molar-refractivity contribution < 1.29 is 9.18 Å². The van der Waals surface area contributed by atoms with E-state index in [0.717, 1.165) is 5.56 Å². The van der Waals surface area contributed by atoms with Crippen molar-refractivity contribution >= 4 is 23.2 Å². The molecule has 7 heteroatoms. The summed E-state index contributed by atoms with van der Waals surface area (Å²) in [7, 11) is 0. The molecule has 5 nitrogen and oxygen atoms in total. The van der Waals surface area contributed by atoms with Crippen molar-refractivity contribution in [2.75, 3.05) is 0 Å². The van der Waals surface area contributed by atoms with Crippen LogP contribution in [0.1, 0.15) is 23.0 Å². The zero-order valence-corrected chi connectivity index (χ0v) is 14.0. The van der Waals surface area contributed by atoms with Gasteiger partial charge in [-0.05, 0) is 42.8 Å². The first kappa shape index (κ1) is 16.9. The summed E-state index contributed by atoms with van der Waals surface area (Å²) in [6, 6.07) is 14.6. The van der Waals surface area contributed by atoms with Crippen LogP contribution in [0.15, 0.2) is 59.7 Å². The number of hydrazone groups is 1. The summed E-state index contributed by atoms with van der Waals surface area (Å²) in [6.45, 7) is 1.72. The van der Waals surface area contributed by atoms with Crippen molar-refractivity contribution in [2.24, 2.45) is 5.10 Å². The van der Waals surface area contributed by atoms with E-state index in [4.69, 9.17) is 11.6 Å². The second kappa shape index (κ2) is 7.27. The van der Waals surface area contributed by atoms with Gasteiger partial charge in [-0.1, -0.05) is 35.9 Å². The number of H-pyrrole nitrogens is 1. The van der Waals surface area contributed by atoms with Crippen LogP contribution in [0.25, 0.3) is 11.3 Å². The molecule has 25 heavy (non-hydrogen) atoms. The van der Waals surface area contributed by atoms with Gasteiger partial charge in [0.2, 0.25) is 0 Å². The fourth-order valence-electron chi connectivity index (χ4n) is 2.16. The molecule has 2 N–H and O–H groups in total. The summed E-state index contributed by atoms with van der Waals surface area (Å²) < 4.78 is 12.9. The first-order valence-corrected chi connectivity index (χ1v) is 7.82. The Morgan fingerprint density at radius 1 is 1.16 bits per heavy atom. The third-order valence-electron chi connectivity index (χ3n) is 3.55. The number of aromatic nitrogens is 2. The lowest BCUT2D eigenvalue weighted by Gasteiger charge is -2.01. The minimum atomic E-state index is -0.422. The molecule has 3 aromatic rings. The molecule has 126 valence electrons. The molecule has 0 radical (unpaired) electrons. The van der Waals surface area contributed by atoms with E-state index in [1.807, 2.05) is 12.1 Å². The van der Waals surface area contributed by atoms with Gasteiger partial charge in [0, 0.05) is 10.6 Å². The highest BCUT2D eigenvalue weighted by atomic mass is 35.5. The minimum Gasteiger partial charge on any atom is -0.272 e. The third kappa shape index (κ3) is 4.10. The number of hydrogen-bond donors (Lipinski definition) is 2.